The molecule has 0 amide bonds. The third-order valence-electron chi connectivity index (χ3n) is 8.09. The van der Waals surface area contributed by atoms with Crippen LogP contribution in [-0.2, 0) is 4.74 Å². The van der Waals surface area contributed by atoms with Crippen molar-refractivity contribution in [1.82, 2.24) is 0 Å². The van der Waals surface area contributed by atoms with Gasteiger partial charge in [-0.15, -0.1) is 10.2 Å². The van der Waals surface area contributed by atoms with Crippen LogP contribution < -0.4 is 9.64 Å². The van der Waals surface area contributed by atoms with E-state index in [0.717, 1.165) is 48.1 Å². The quantitative estimate of drug-likeness (QED) is 0.0420. The molecule has 0 heterocycles. The van der Waals surface area contributed by atoms with Gasteiger partial charge in [-0.05, 0) is 104 Å². The summed E-state index contributed by atoms with van der Waals surface area (Å²) in [7, 11) is 0. The predicted octanol–water partition coefficient (Wildman–Crippen LogP) is 13.8. The van der Waals surface area contributed by atoms with Gasteiger partial charge in [-0.2, -0.15) is 20.5 Å². The molecule has 5 aromatic rings. The summed E-state index contributed by atoms with van der Waals surface area (Å²) in [4.78, 5) is 14.3. The highest BCUT2D eigenvalue weighted by atomic mass is 16.7. The number of carbonyl (C=O) groups excluding carboxylic acids is 1. The van der Waals surface area contributed by atoms with Gasteiger partial charge in [-0.25, -0.2) is 4.79 Å². The lowest BCUT2D eigenvalue weighted by Gasteiger charge is -2.24. The summed E-state index contributed by atoms with van der Waals surface area (Å²) in [6.45, 7) is 8.97. The highest BCUT2D eigenvalue weighted by molar-refractivity contribution is 5.99. The topological polar surface area (TPSA) is 113 Å². The summed E-state index contributed by atoms with van der Waals surface area (Å²) in [5.74, 6) is 0.377. The molecule has 5 aromatic carbocycles. The SMILES string of the molecule is CCCCOC(=O)Oc1ccc(/N=N/c2ccc(/N=N/c3ccc(/N=N/c4ccc(N(CCCC)CCCC)cc4)cc3)c3ccccc23)cc1. The molecule has 0 N–H and O–H groups in total. The fourth-order valence-electron chi connectivity index (χ4n) is 5.17. The summed E-state index contributed by atoms with van der Waals surface area (Å²) in [5, 5.41) is 28.6. The number of nitrogens with zero attached hydrogens (tertiary/aromatic N) is 7. The van der Waals surface area contributed by atoms with Crippen LogP contribution >= 0.6 is 0 Å². The third kappa shape index (κ3) is 11.1. The first-order valence-electron chi connectivity index (χ1n) is 17.7. The van der Waals surface area contributed by atoms with Crippen LogP contribution in [0.15, 0.2) is 140 Å². The van der Waals surface area contributed by atoms with Gasteiger partial charge in [-0.3, -0.25) is 0 Å². The molecule has 0 unspecified atom stereocenters. The van der Waals surface area contributed by atoms with Gasteiger partial charge >= 0.3 is 6.16 Å². The van der Waals surface area contributed by atoms with Crippen molar-refractivity contribution in [2.24, 2.45) is 30.7 Å². The minimum absolute atomic E-state index is 0.338. The number of anilines is 1. The number of rotatable bonds is 17. The van der Waals surface area contributed by atoms with Crippen LogP contribution in [0, 0.1) is 0 Å². The molecule has 0 fully saturated rings. The molecule has 0 atom stereocenters. The van der Waals surface area contributed by atoms with Crippen molar-refractivity contribution in [2.75, 3.05) is 24.6 Å². The Morgan fingerprint density at radius 2 is 0.961 bits per heavy atom. The predicted molar refractivity (Wildman–Crippen MR) is 205 cm³/mol. The Morgan fingerprint density at radius 1 is 0.529 bits per heavy atom. The summed E-state index contributed by atoms with van der Waals surface area (Å²) < 4.78 is 10.2. The van der Waals surface area contributed by atoms with Crippen molar-refractivity contribution in [3.05, 3.63) is 109 Å². The second-order valence-electron chi connectivity index (χ2n) is 12.0. The van der Waals surface area contributed by atoms with Crippen molar-refractivity contribution in [2.45, 2.75) is 59.3 Å². The zero-order chi connectivity index (χ0) is 35.7. The van der Waals surface area contributed by atoms with Crippen molar-refractivity contribution >= 4 is 56.7 Å². The molecule has 0 saturated carbocycles. The van der Waals surface area contributed by atoms with Gasteiger partial charge < -0.3 is 14.4 Å². The fourth-order valence-corrected chi connectivity index (χ4v) is 5.17. The van der Waals surface area contributed by atoms with E-state index >= 15 is 0 Å². The smallest absolute Gasteiger partial charge is 0.434 e. The second-order valence-corrected chi connectivity index (χ2v) is 12.0. The molecule has 51 heavy (non-hydrogen) atoms. The van der Waals surface area contributed by atoms with Gasteiger partial charge in [0, 0.05) is 29.5 Å². The van der Waals surface area contributed by atoms with E-state index in [-0.39, 0.29) is 0 Å². The van der Waals surface area contributed by atoms with Crippen LogP contribution in [0.3, 0.4) is 0 Å². The number of ether oxygens (including phenoxy) is 2. The Kier molecular flexibility index (Phi) is 13.9. The lowest BCUT2D eigenvalue weighted by molar-refractivity contribution is 0.0978. The van der Waals surface area contributed by atoms with Crippen molar-refractivity contribution in [3.63, 3.8) is 0 Å². The highest BCUT2D eigenvalue weighted by Gasteiger charge is 2.08. The first-order valence-corrected chi connectivity index (χ1v) is 17.7. The molecule has 0 aliphatic rings. The average Bonchev–Trinajstić information content (AvgIpc) is 3.17. The molecule has 10 heteroatoms. The number of carbonyl (C=O) groups is 1. The van der Waals surface area contributed by atoms with Gasteiger partial charge in [-0.1, -0.05) is 64.3 Å². The molecule has 0 aromatic heterocycles. The molecule has 0 saturated heterocycles. The minimum Gasteiger partial charge on any atom is -0.434 e. The van der Waals surface area contributed by atoms with Gasteiger partial charge in [0.05, 0.1) is 40.7 Å². The van der Waals surface area contributed by atoms with Crippen LogP contribution in [0.4, 0.5) is 44.6 Å². The summed E-state index contributed by atoms with van der Waals surface area (Å²) in [6.07, 6.45) is 5.76. The van der Waals surface area contributed by atoms with Crippen molar-refractivity contribution < 1.29 is 14.3 Å². The summed E-state index contributed by atoms with van der Waals surface area (Å²) >= 11 is 0. The molecule has 262 valence electrons. The number of fused-ring (bicyclic) bond motifs is 1. The Hall–Kier alpha value is -5.77. The maximum Gasteiger partial charge on any atom is 0.513 e. The summed E-state index contributed by atoms with van der Waals surface area (Å²) in [5.41, 5.74) is 5.50. The van der Waals surface area contributed by atoms with Gasteiger partial charge in [0.25, 0.3) is 0 Å². The van der Waals surface area contributed by atoms with E-state index in [1.165, 1.54) is 31.4 Å². The first kappa shape index (κ1) is 36.5. The molecular weight excluding hydrogens is 638 g/mol. The van der Waals surface area contributed by atoms with Crippen molar-refractivity contribution in [3.8, 4) is 5.75 Å². The lowest BCUT2D eigenvalue weighted by atomic mass is 10.1. The molecule has 0 bridgehead atoms. The lowest BCUT2D eigenvalue weighted by Crippen LogP contribution is -2.25. The first-order chi connectivity index (χ1) is 25.1. The van der Waals surface area contributed by atoms with E-state index < -0.39 is 6.16 Å². The van der Waals surface area contributed by atoms with Crippen LogP contribution in [0.2, 0.25) is 0 Å². The standard InChI is InChI=1S/C41H45N7O3/c1-4-7-28-48(29-8-5-2)35-22-18-33(19-23-35)43-42-31-14-16-32(17-15-31)44-46-39-26-27-40(38-13-11-10-12-37(38)39)47-45-34-20-24-36(25-21-34)51-41(49)50-30-9-6-3/h10-27H,4-9,28-30H2,1-3H3/b43-42+,46-44+,47-45+. The van der Waals surface area contributed by atoms with Crippen molar-refractivity contribution in [1.29, 1.82) is 0 Å². The molecule has 0 radical (unpaired) electrons. The maximum absolute atomic E-state index is 11.8. The molecule has 10 nitrogen and oxygen atoms in total. The van der Waals surface area contributed by atoms with Gasteiger partial charge in [0.2, 0.25) is 0 Å². The van der Waals surface area contributed by atoms with E-state index in [1.807, 2.05) is 79.7 Å². The van der Waals surface area contributed by atoms with Crippen LogP contribution in [0.25, 0.3) is 10.8 Å². The number of benzene rings is 5. The minimum atomic E-state index is -0.718. The highest BCUT2D eigenvalue weighted by Crippen LogP contribution is 2.35. The molecule has 0 aliphatic carbocycles. The van der Waals surface area contributed by atoms with Gasteiger partial charge in [0.1, 0.15) is 5.75 Å². The second kappa shape index (κ2) is 19.4. The van der Waals surface area contributed by atoms with Crippen LogP contribution in [0.5, 0.6) is 5.75 Å². The molecule has 0 spiro atoms. The number of unbranched alkanes of at least 4 members (excludes halogenated alkanes) is 3. The Balaban J connectivity index is 1.20. The molecule has 5 rings (SSSR count). The monoisotopic (exact) mass is 683 g/mol. The Labute approximate surface area is 300 Å². The molecule has 0 aliphatic heterocycles. The van der Waals surface area contributed by atoms with E-state index in [9.17, 15) is 4.79 Å². The number of hydrogen-bond acceptors (Lipinski definition) is 10. The number of hydrogen-bond donors (Lipinski definition) is 0. The average molecular weight is 684 g/mol. The Bertz CT molecular complexity index is 1910. The number of azo groups is 3. The van der Waals surface area contributed by atoms with Crippen LogP contribution in [-0.4, -0.2) is 25.9 Å². The fraction of sp³-hybridized carbons (Fsp3) is 0.293. The molecular formula is C41H45N7O3. The van der Waals surface area contributed by atoms with E-state index in [4.69, 9.17) is 9.47 Å². The maximum atomic E-state index is 11.8. The largest absolute Gasteiger partial charge is 0.513 e. The third-order valence-corrected chi connectivity index (χ3v) is 8.09. The Morgan fingerprint density at radius 3 is 1.43 bits per heavy atom. The normalized spacial score (nSPS) is 11.6. The summed E-state index contributed by atoms with van der Waals surface area (Å²) in [6, 6.07) is 34.2. The van der Waals surface area contributed by atoms with E-state index in [1.54, 1.807) is 24.3 Å². The van der Waals surface area contributed by atoms with E-state index in [2.05, 4.69) is 61.6 Å². The zero-order valence-corrected chi connectivity index (χ0v) is 29.6. The zero-order valence-electron chi connectivity index (χ0n) is 29.6. The van der Waals surface area contributed by atoms with Gasteiger partial charge in [0.15, 0.2) is 0 Å². The van der Waals surface area contributed by atoms with Crippen LogP contribution in [0.1, 0.15) is 59.3 Å². The van der Waals surface area contributed by atoms with E-state index in [0.29, 0.717) is 35.1 Å².